The van der Waals surface area contributed by atoms with Crippen molar-refractivity contribution in [2.75, 3.05) is 7.05 Å². The van der Waals surface area contributed by atoms with Crippen molar-refractivity contribution >= 4 is 32.7 Å². The second-order valence-corrected chi connectivity index (χ2v) is 7.72. The molecule has 2 aromatic rings. The molecule has 2 aliphatic rings. The number of rotatable bonds is 2. The first-order valence-corrected chi connectivity index (χ1v) is 9.07. The number of fused-ring (bicyclic) bond motifs is 3. The Morgan fingerprint density at radius 3 is 2.83 bits per heavy atom. The van der Waals surface area contributed by atoms with Crippen LogP contribution >= 0.6 is 15.9 Å². The fraction of sp³-hybridized carbons (Fsp3) is 0.529. The number of nitrogens with zero attached hydrogens (tertiary/aromatic N) is 2. The molecule has 2 N–H and O–H groups in total. The number of H-pyrrole nitrogens is 1. The monoisotopic (exact) mass is 376 g/mol. The molecular weight excluding hydrogens is 356 g/mol. The summed E-state index contributed by atoms with van der Waals surface area (Å²) < 4.78 is 0.953. The van der Waals surface area contributed by atoms with Gasteiger partial charge in [-0.15, -0.1) is 0 Å². The first kappa shape index (κ1) is 15.1. The van der Waals surface area contributed by atoms with Gasteiger partial charge in [0, 0.05) is 28.0 Å². The smallest absolute Gasteiger partial charge is 0.272 e. The van der Waals surface area contributed by atoms with Gasteiger partial charge in [-0.3, -0.25) is 9.89 Å². The van der Waals surface area contributed by atoms with Crippen LogP contribution < -0.4 is 5.32 Å². The normalized spacial score (nSPS) is 28.0. The summed E-state index contributed by atoms with van der Waals surface area (Å²) in [5.74, 6) is -0.0676. The van der Waals surface area contributed by atoms with Crippen LogP contribution in [0.4, 0.5) is 0 Å². The fourth-order valence-corrected chi connectivity index (χ4v) is 4.51. The zero-order valence-electron chi connectivity index (χ0n) is 13.2. The highest BCUT2D eigenvalue weighted by Crippen LogP contribution is 2.32. The minimum atomic E-state index is -0.0676. The van der Waals surface area contributed by atoms with Gasteiger partial charge in [0.05, 0.1) is 5.52 Å². The third kappa shape index (κ3) is 2.78. The Labute approximate surface area is 143 Å². The predicted molar refractivity (Wildman–Crippen MR) is 93.5 cm³/mol. The van der Waals surface area contributed by atoms with Gasteiger partial charge in [-0.05, 0) is 50.9 Å². The standard InChI is InChI=1S/C17H21BrN4O/c1-22-12-3-2-4-13(22)9-11(8-12)19-17(23)16-14-7-10(18)5-6-15(14)20-21-16/h5-7,11-13H,2-4,8-9H2,1H3,(H,19,23)(H,20,21). The molecule has 1 amide bonds. The maximum atomic E-state index is 12.7. The quantitative estimate of drug-likeness (QED) is 0.846. The van der Waals surface area contributed by atoms with Crippen LogP contribution in [0, 0.1) is 0 Å². The first-order valence-electron chi connectivity index (χ1n) is 8.28. The van der Waals surface area contributed by atoms with E-state index < -0.39 is 0 Å². The Balaban J connectivity index is 1.52. The number of hydrogen-bond donors (Lipinski definition) is 2. The second-order valence-electron chi connectivity index (χ2n) is 6.81. The van der Waals surface area contributed by atoms with Crippen molar-refractivity contribution in [3.8, 4) is 0 Å². The SMILES string of the molecule is CN1C2CCCC1CC(NC(=O)c1n[nH]c3ccc(Br)cc13)C2. The summed E-state index contributed by atoms with van der Waals surface area (Å²) >= 11 is 3.46. The molecular formula is C17H21BrN4O. The van der Waals surface area contributed by atoms with Crippen LogP contribution in [0.1, 0.15) is 42.6 Å². The molecule has 23 heavy (non-hydrogen) atoms. The summed E-state index contributed by atoms with van der Waals surface area (Å²) in [6.07, 6.45) is 5.91. The molecule has 122 valence electrons. The van der Waals surface area contributed by atoms with E-state index in [1.54, 1.807) is 0 Å². The van der Waals surface area contributed by atoms with E-state index >= 15 is 0 Å². The molecule has 3 heterocycles. The van der Waals surface area contributed by atoms with Gasteiger partial charge in [0.1, 0.15) is 0 Å². The zero-order valence-corrected chi connectivity index (χ0v) is 14.8. The first-order chi connectivity index (χ1) is 11.1. The van der Waals surface area contributed by atoms with Crippen LogP contribution in [-0.4, -0.2) is 46.2 Å². The molecule has 2 atom stereocenters. The van der Waals surface area contributed by atoms with Crippen molar-refractivity contribution in [2.45, 2.75) is 50.2 Å². The molecule has 4 rings (SSSR count). The van der Waals surface area contributed by atoms with E-state index in [9.17, 15) is 4.79 Å². The number of hydrogen-bond acceptors (Lipinski definition) is 3. The highest BCUT2D eigenvalue weighted by Gasteiger charge is 2.36. The molecule has 1 aromatic heterocycles. The summed E-state index contributed by atoms with van der Waals surface area (Å²) in [4.78, 5) is 15.2. The van der Waals surface area contributed by atoms with Gasteiger partial charge < -0.3 is 10.2 Å². The Hall–Kier alpha value is -1.40. The molecule has 0 radical (unpaired) electrons. The number of carbonyl (C=O) groups is 1. The molecule has 2 aliphatic heterocycles. The Morgan fingerprint density at radius 1 is 1.35 bits per heavy atom. The van der Waals surface area contributed by atoms with E-state index in [1.807, 2.05) is 18.2 Å². The number of piperidine rings is 2. The van der Waals surface area contributed by atoms with Crippen LogP contribution in [0.15, 0.2) is 22.7 Å². The summed E-state index contributed by atoms with van der Waals surface area (Å²) in [5.41, 5.74) is 1.38. The number of carbonyl (C=O) groups excluding carboxylic acids is 1. The fourth-order valence-electron chi connectivity index (χ4n) is 4.15. The van der Waals surface area contributed by atoms with Gasteiger partial charge in [0.25, 0.3) is 5.91 Å². The van der Waals surface area contributed by atoms with Crippen molar-refractivity contribution in [1.29, 1.82) is 0 Å². The van der Waals surface area contributed by atoms with Gasteiger partial charge in [-0.1, -0.05) is 22.4 Å². The van der Waals surface area contributed by atoms with E-state index in [0.29, 0.717) is 17.8 Å². The molecule has 1 aromatic carbocycles. The topological polar surface area (TPSA) is 61.0 Å². The van der Waals surface area contributed by atoms with Crippen molar-refractivity contribution in [3.05, 3.63) is 28.4 Å². The van der Waals surface area contributed by atoms with E-state index in [-0.39, 0.29) is 11.9 Å². The van der Waals surface area contributed by atoms with E-state index in [0.717, 1.165) is 28.2 Å². The van der Waals surface area contributed by atoms with Gasteiger partial charge in [0.2, 0.25) is 0 Å². The number of aromatic nitrogens is 2. The summed E-state index contributed by atoms with van der Waals surface area (Å²) in [6, 6.07) is 7.30. The lowest BCUT2D eigenvalue weighted by atomic mass is 9.82. The molecule has 2 bridgehead atoms. The van der Waals surface area contributed by atoms with Crippen LogP contribution in [0.5, 0.6) is 0 Å². The van der Waals surface area contributed by atoms with Crippen molar-refractivity contribution < 1.29 is 4.79 Å². The predicted octanol–water partition coefficient (Wildman–Crippen LogP) is 3.07. The molecule has 6 heteroatoms. The lowest BCUT2D eigenvalue weighted by Gasteiger charge is -2.47. The van der Waals surface area contributed by atoms with Crippen molar-refractivity contribution in [1.82, 2.24) is 20.4 Å². The second kappa shape index (κ2) is 5.91. The van der Waals surface area contributed by atoms with Crippen LogP contribution in [-0.2, 0) is 0 Å². The zero-order chi connectivity index (χ0) is 16.0. The minimum absolute atomic E-state index is 0.0676. The lowest BCUT2D eigenvalue weighted by molar-refractivity contribution is 0.0462. The Bertz CT molecular complexity index is 729. The van der Waals surface area contributed by atoms with E-state index in [4.69, 9.17) is 0 Å². The van der Waals surface area contributed by atoms with Crippen LogP contribution in [0.25, 0.3) is 10.9 Å². The highest BCUT2D eigenvalue weighted by atomic mass is 79.9. The summed E-state index contributed by atoms with van der Waals surface area (Å²) in [7, 11) is 2.23. The number of nitrogens with one attached hydrogen (secondary N) is 2. The molecule has 2 fully saturated rings. The Morgan fingerprint density at radius 2 is 2.09 bits per heavy atom. The van der Waals surface area contributed by atoms with Crippen molar-refractivity contribution in [3.63, 3.8) is 0 Å². The maximum Gasteiger partial charge on any atom is 0.272 e. The minimum Gasteiger partial charge on any atom is -0.348 e. The Kier molecular flexibility index (Phi) is 3.89. The molecule has 0 saturated carbocycles. The number of amides is 1. The summed E-state index contributed by atoms with van der Waals surface area (Å²) in [5, 5.41) is 11.2. The third-order valence-corrected chi connectivity index (χ3v) is 5.91. The average Bonchev–Trinajstić information content (AvgIpc) is 2.91. The van der Waals surface area contributed by atoms with Crippen molar-refractivity contribution in [2.24, 2.45) is 0 Å². The largest absolute Gasteiger partial charge is 0.348 e. The molecule has 2 unspecified atom stereocenters. The van der Waals surface area contributed by atoms with Gasteiger partial charge in [-0.25, -0.2) is 0 Å². The van der Waals surface area contributed by atoms with Gasteiger partial charge in [0.15, 0.2) is 5.69 Å². The number of halogens is 1. The number of benzene rings is 1. The maximum absolute atomic E-state index is 12.7. The average molecular weight is 377 g/mol. The van der Waals surface area contributed by atoms with Gasteiger partial charge in [-0.2, -0.15) is 5.10 Å². The third-order valence-electron chi connectivity index (χ3n) is 5.42. The van der Waals surface area contributed by atoms with E-state index in [2.05, 4.69) is 43.4 Å². The van der Waals surface area contributed by atoms with Crippen LogP contribution in [0.2, 0.25) is 0 Å². The molecule has 2 saturated heterocycles. The van der Waals surface area contributed by atoms with E-state index in [1.165, 1.54) is 19.3 Å². The molecule has 0 aliphatic carbocycles. The van der Waals surface area contributed by atoms with Gasteiger partial charge >= 0.3 is 0 Å². The lowest BCUT2D eigenvalue weighted by Crippen LogP contribution is -2.55. The molecule has 0 spiro atoms. The highest BCUT2D eigenvalue weighted by molar-refractivity contribution is 9.10. The van der Waals surface area contributed by atoms with Crippen LogP contribution in [0.3, 0.4) is 0 Å². The molecule has 5 nitrogen and oxygen atoms in total. The summed E-state index contributed by atoms with van der Waals surface area (Å²) in [6.45, 7) is 0. The number of aromatic amines is 1.